The van der Waals surface area contributed by atoms with Gasteiger partial charge in [-0.25, -0.2) is 27.3 Å². The number of pyridine rings is 1. The Hall–Kier alpha value is -2.92. The Morgan fingerprint density at radius 2 is 1.94 bits per heavy atom. The normalized spacial score (nSPS) is 17.0. The maximum absolute atomic E-state index is 13.5. The molecule has 4 rings (SSSR count). The van der Waals surface area contributed by atoms with Gasteiger partial charge in [-0.3, -0.25) is 9.48 Å². The highest BCUT2D eigenvalue weighted by Gasteiger charge is 2.35. The maximum atomic E-state index is 13.5. The van der Waals surface area contributed by atoms with Crippen LogP contribution >= 0.6 is 0 Å². The monoisotopic (exact) mass is 449 g/mol. The van der Waals surface area contributed by atoms with Crippen molar-refractivity contribution in [1.82, 2.24) is 14.8 Å². The minimum atomic E-state index is -4.03. The first-order chi connectivity index (χ1) is 14.6. The van der Waals surface area contributed by atoms with Crippen molar-refractivity contribution >= 4 is 32.5 Å². The van der Waals surface area contributed by atoms with E-state index in [0.717, 1.165) is 0 Å². The van der Waals surface area contributed by atoms with Gasteiger partial charge in [-0.05, 0) is 30.9 Å². The van der Waals surface area contributed by atoms with Gasteiger partial charge in [0.05, 0.1) is 5.52 Å². The highest BCUT2D eigenvalue weighted by atomic mass is 32.2. The number of carbonyl (C=O) groups excluding carboxylic acids is 1. The molecular formula is C20H21F2N5O3S. The molecule has 1 fully saturated rings. The summed E-state index contributed by atoms with van der Waals surface area (Å²) in [6.07, 6.45) is 1.59. The van der Waals surface area contributed by atoms with E-state index in [1.165, 1.54) is 18.3 Å². The van der Waals surface area contributed by atoms with E-state index in [4.69, 9.17) is 5.14 Å². The standard InChI is InChI=1S/C20H21F2N5O3S/c21-20(22)8-5-13(6-9-20)12-27-18(15-3-1-2-4-16(15)26-27)19(28)25-14-7-10-24-17(11-14)31(23,29)30/h1-4,7,10-11,13H,5-6,8-9,12H2,(H2,23,29,30)(H,24,25,28). The third-order valence-electron chi connectivity index (χ3n) is 5.41. The van der Waals surface area contributed by atoms with Crippen LogP contribution in [0, 0.1) is 5.92 Å². The van der Waals surface area contributed by atoms with Gasteiger partial charge in [0.2, 0.25) is 5.92 Å². The fraction of sp³-hybridized carbons (Fsp3) is 0.350. The van der Waals surface area contributed by atoms with E-state index in [1.807, 2.05) is 0 Å². The number of nitrogens with zero attached hydrogens (tertiary/aromatic N) is 3. The van der Waals surface area contributed by atoms with Crippen LogP contribution in [0.4, 0.5) is 14.5 Å². The first-order valence-electron chi connectivity index (χ1n) is 9.76. The molecule has 1 aliphatic rings. The molecule has 1 saturated carbocycles. The van der Waals surface area contributed by atoms with Crippen LogP contribution < -0.4 is 10.5 Å². The third-order valence-corrected chi connectivity index (χ3v) is 6.22. The SMILES string of the molecule is NS(=O)(=O)c1cc(NC(=O)c2c3ccccc3nn2CC2CCC(F)(F)CC2)ccn1. The van der Waals surface area contributed by atoms with Gasteiger partial charge in [-0.15, -0.1) is 0 Å². The number of nitrogens with one attached hydrogen (secondary N) is 1. The number of halogens is 2. The van der Waals surface area contributed by atoms with Crippen molar-refractivity contribution in [2.75, 3.05) is 5.32 Å². The van der Waals surface area contributed by atoms with E-state index in [0.29, 0.717) is 30.3 Å². The number of fused-ring (bicyclic) bond motifs is 1. The first kappa shape index (κ1) is 21.3. The van der Waals surface area contributed by atoms with Crippen LogP contribution in [-0.2, 0) is 16.6 Å². The number of alkyl halides is 2. The Labute approximate surface area is 177 Å². The number of sulfonamides is 1. The Morgan fingerprint density at radius 1 is 1.23 bits per heavy atom. The van der Waals surface area contributed by atoms with Gasteiger partial charge >= 0.3 is 0 Å². The van der Waals surface area contributed by atoms with Crippen LogP contribution in [0.2, 0.25) is 0 Å². The number of primary sulfonamides is 1. The van der Waals surface area contributed by atoms with Crippen LogP contribution in [0.15, 0.2) is 47.6 Å². The highest BCUT2D eigenvalue weighted by Crippen LogP contribution is 2.37. The summed E-state index contributed by atoms with van der Waals surface area (Å²) >= 11 is 0. The van der Waals surface area contributed by atoms with E-state index in [9.17, 15) is 22.0 Å². The summed E-state index contributed by atoms with van der Waals surface area (Å²) in [5.74, 6) is -3.15. The van der Waals surface area contributed by atoms with Crippen molar-refractivity contribution in [1.29, 1.82) is 0 Å². The number of amides is 1. The minimum absolute atomic E-state index is 0.0181. The molecule has 0 bridgehead atoms. The van der Waals surface area contributed by atoms with Crippen LogP contribution in [0.25, 0.3) is 10.9 Å². The number of rotatable bonds is 5. The molecule has 8 nitrogen and oxygen atoms in total. The van der Waals surface area contributed by atoms with E-state index < -0.39 is 21.9 Å². The second-order valence-corrected chi connectivity index (χ2v) is 9.24. The molecule has 0 spiro atoms. The lowest BCUT2D eigenvalue weighted by molar-refractivity contribution is -0.0476. The predicted molar refractivity (Wildman–Crippen MR) is 110 cm³/mol. The third kappa shape index (κ3) is 4.72. The van der Waals surface area contributed by atoms with Gasteiger partial charge in [0, 0.05) is 42.7 Å². The van der Waals surface area contributed by atoms with Crippen LogP contribution in [0.1, 0.15) is 36.2 Å². The fourth-order valence-electron chi connectivity index (χ4n) is 3.81. The van der Waals surface area contributed by atoms with Crippen molar-refractivity contribution in [2.24, 2.45) is 11.1 Å². The van der Waals surface area contributed by atoms with Gasteiger partial charge < -0.3 is 5.32 Å². The molecule has 0 radical (unpaired) electrons. The van der Waals surface area contributed by atoms with E-state index in [2.05, 4.69) is 15.4 Å². The number of aromatic nitrogens is 3. The zero-order chi connectivity index (χ0) is 22.2. The number of benzene rings is 1. The van der Waals surface area contributed by atoms with E-state index in [-0.39, 0.29) is 35.2 Å². The van der Waals surface area contributed by atoms with Crippen molar-refractivity contribution in [3.8, 4) is 0 Å². The average molecular weight is 449 g/mol. The summed E-state index contributed by atoms with van der Waals surface area (Å²) in [6.45, 7) is 0.340. The summed E-state index contributed by atoms with van der Waals surface area (Å²) in [5.41, 5.74) is 1.09. The Kier molecular flexibility index (Phi) is 5.48. The lowest BCUT2D eigenvalue weighted by Crippen LogP contribution is -2.28. The van der Waals surface area contributed by atoms with E-state index in [1.54, 1.807) is 28.9 Å². The average Bonchev–Trinajstić information content (AvgIpc) is 3.07. The molecular weight excluding hydrogens is 428 g/mol. The van der Waals surface area contributed by atoms with Crippen molar-refractivity contribution in [3.05, 3.63) is 48.3 Å². The van der Waals surface area contributed by atoms with Gasteiger partial charge in [-0.2, -0.15) is 5.10 Å². The van der Waals surface area contributed by atoms with Crippen molar-refractivity contribution < 1.29 is 22.0 Å². The predicted octanol–water partition coefficient (Wildman–Crippen LogP) is 3.16. The molecule has 0 aliphatic heterocycles. The summed E-state index contributed by atoms with van der Waals surface area (Å²) in [5, 5.41) is 12.5. The van der Waals surface area contributed by atoms with Gasteiger partial charge in [0.15, 0.2) is 5.03 Å². The maximum Gasteiger partial charge on any atom is 0.274 e. The van der Waals surface area contributed by atoms with Crippen molar-refractivity contribution in [2.45, 2.75) is 43.2 Å². The summed E-state index contributed by atoms with van der Waals surface area (Å²) < 4.78 is 51.6. The Morgan fingerprint density at radius 3 is 2.65 bits per heavy atom. The fourth-order valence-corrected chi connectivity index (χ4v) is 4.31. The molecule has 31 heavy (non-hydrogen) atoms. The largest absolute Gasteiger partial charge is 0.320 e. The molecule has 1 aliphatic carbocycles. The zero-order valence-electron chi connectivity index (χ0n) is 16.5. The molecule has 0 atom stereocenters. The van der Waals surface area contributed by atoms with Crippen LogP contribution in [0.5, 0.6) is 0 Å². The topological polar surface area (TPSA) is 120 Å². The molecule has 0 unspecified atom stereocenters. The number of nitrogens with two attached hydrogens (primary N) is 1. The number of anilines is 1. The molecule has 1 amide bonds. The van der Waals surface area contributed by atoms with Crippen LogP contribution in [0.3, 0.4) is 0 Å². The number of hydrogen-bond acceptors (Lipinski definition) is 5. The number of hydrogen-bond donors (Lipinski definition) is 2. The lowest BCUT2D eigenvalue weighted by atomic mass is 9.87. The van der Waals surface area contributed by atoms with Gasteiger partial charge in [0.25, 0.3) is 15.9 Å². The molecule has 3 aromatic rings. The second-order valence-electron chi connectivity index (χ2n) is 7.73. The van der Waals surface area contributed by atoms with E-state index >= 15 is 0 Å². The Balaban J connectivity index is 1.63. The summed E-state index contributed by atoms with van der Waals surface area (Å²) in [7, 11) is -4.03. The first-order valence-corrected chi connectivity index (χ1v) is 11.3. The molecule has 1 aromatic carbocycles. The Bertz CT molecular complexity index is 1230. The van der Waals surface area contributed by atoms with Gasteiger partial charge in [0.1, 0.15) is 5.69 Å². The quantitative estimate of drug-likeness (QED) is 0.620. The molecule has 3 N–H and O–H groups in total. The molecule has 11 heteroatoms. The lowest BCUT2D eigenvalue weighted by Gasteiger charge is -2.28. The molecule has 164 valence electrons. The molecule has 0 saturated heterocycles. The number of carbonyl (C=O) groups is 1. The smallest absolute Gasteiger partial charge is 0.274 e. The molecule has 2 heterocycles. The summed E-state index contributed by atoms with van der Waals surface area (Å²) in [4.78, 5) is 16.8. The van der Waals surface area contributed by atoms with Crippen molar-refractivity contribution in [3.63, 3.8) is 0 Å². The highest BCUT2D eigenvalue weighted by molar-refractivity contribution is 7.89. The zero-order valence-corrected chi connectivity index (χ0v) is 17.3. The second kappa shape index (κ2) is 7.97. The molecule has 2 aromatic heterocycles. The minimum Gasteiger partial charge on any atom is -0.320 e. The van der Waals surface area contributed by atoms with Crippen LogP contribution in [-0.4, -0.2) is 35.0 Å². The van der Waals surface area contributed by atoms with Gasteiger partial charge in [-0.1, -0.05) is 18.2 Å². The summed E-state index contributed by atoms with van der Waals surface area (Å²) in [6, 6.07) is 9.70.